The molecule has 3 heterocycles. The van der Waals surface area contributed by atoms with Gasteiger partial charge in [0.25, 0.3) is 0 Å². The van der Waals surface area contributed by atoms with Crippen molar-refractivity contribution in [2.75, 3.05) is 20.1 Å². The van der Waals surface area contributed by atoms with Crippen molar-refractivity contribution >= 4 is 6.03 Å². The van der Waals surface area contributed by atoms with Crippen LogP contribution in [0.25, 0.3) is 11.3 Å². The van der Waals surface area contributed by atoms with Crippen molar-refractivity contribution in [3.8, 4) is 11.3 Å². The maximum atomic E-state index is 12.8. The summed E-state index contributed by atoms with van der Waals surface area (Å²) in [5, 5.41) is 0. The zero-order valence-electron chi connectivity index (χ0n) is 15.5. The number of nitrogens with zero attached hydrogens (tertiary/aromatic N) is 5. The van der Waals surface area contributed by atoms with Gasteiger partial charge in [0.05, 0.1) is 5.69 Å². The summed E-state index contributed by atoms with van der Waals surface area (Å²) in [6.45, 7) is 8.78. The van der Waals surface area contributed by atoms with Crippen molar-refractivity contribution in [3.05, 3.63) is 37.1 Å². The first-order valence-corrected chi connectivity index (χ1v) is 8.83. The number of pyridine rings is 1. The second kappa shape index (κ2) is 6.96. The number of imidazole rings is 1. The first-order chi connectivity index (χ1) is 11.9. The van der Waals surface area contributed by atoms with Gasteiger partial charge in [-0.15, -0.1) is 0 Å². The highest BCUT2D eigenvalue weighted by atomic mass is 16.2. The number of amides is 1. The van der Waals surface area contributed by atoms with Crippen molar-refractivity contribution in [1.29, 1.82) is 0 Å². The number of likely N-dealkylation sites (tertiary alicyclic amines) is 1. The number of carbonyl (C=O) groups excluding carboxylic acids is 1. The summed E-state index contributed by atoms with van der Waals surface area (Å²) in [5.41, 5.74) is 1.94. The normalized spacial score (nSPS) is 16.8. The molecule has 0 aliphatic carbocycles. The van der Waals surface area contributed by atoms with Crippen molar-refractivity contribution in [2.45, 2.75) is 45.2 Å². The Morgan fingerprint density at radius 1 is 1.20 bits per heavy atom. The number of hydrogen-bond acceptors (Lipinski definition) is 4. The monoisotopic (exact) mass is 341 g/mol. The Hall–Kier alpha value is -2.21. The van der Waals surface area contributed by atoms with Gasteiger partial charge >= 0.3 is 6.03 Å². The van der Waals surface area contributed by atoms with Gasteiger partial charge in [-0.25, -0.2) is 9.78 Å². The first-order valence-electron chi connectivity index (χ1n) is 8.83. The van der Waals surface area contributed by atoms with E-state index in [0.29, 0.717) is 0 Å². The topological polar surface area (TPSA) is 54.3 Å². The highest BCUT2D eigenvalue weighted by molar-refractivity contribution is 5.78. The van der Waals surface area contributed by atoms with Crippen LogP contribution in [0.4, 0.5) is 4.79 Å². The third-order valence-corrected chi connectivity index (χ3v) is 5.04. The van der Waals surface area contributed by atoms with Crippen LogP contribution in [0.2, 0.25) is 0 Å². The standard InChI is InChI=1S/C19H27N5O/c1-19(2,3)24-11-7-16(8-12-24)22(4)18(25)23-13-17(21-14-23)15-5-9-20-10-6-15/h5-6,9-10,13-14,16H,7-8,11-12H2,1-4H3. The van der Waals surface area contributed by atoms with E-state index in [1.165, 1.54) is 0 Å². The third kappa shape index (κ3) is 3.90. The van der Waals surface area contributed by atoms with Crippen molar-refractivity contribution in [2.24, 2.45) is 0 Å². The molecule has 0 saturated carbocycles. The summed E-state index contributed by atoms with van der Waals surface area (Å²) in [6, 6.07) is 4.03. The molecule has 1 aliphatic heterocycles. The van der Waals surface area contributed by atoms with E-state index in [2.05, 4.69) is 35.6 Å². The molecule has 1 saturated heterocycles. The van der Waals surface area contributed by atoms with Gasteiger partial charge in [0.2, 0.25) is 0 Å². The minimum Gasteiger partial charge on any atom is -0.324 e. The van der Waals surface area contributed by atoms with Gasteiger partial charge in [0, 0.05) is 55.9 Å². The van der Waals surface area contributed by atoms with Gasteiger partial charge in [-0.1, -0.05) is 0 Å². The molecule has 0 unspecified atom stereocenters. The molecule has 0 radical (unpaired) electrons. The molecule has 2 aromatic rings. The molecule has 0 atom stereocenters. The Kier molecular flexibility index (Phi) is 4.90. The lowest BCUT2D eigenvalue weighted by Gasteiger charge is -2.42. The Balaban J connectivity index is 1.65. The van der Waals surface area contributed by atoms with E-state index in [1.807, 2.05) is 24.1 Å². The lowest BCUT2D eigenvalue weighted by atomic mass is 9.97. The zero-order valence-corrected chi connectivity index (χ0v) is 15.5. The molecular formula is C19H27N5O. The fourth-order valence-electron chi connectivity index (χ4n) is 3.36. The van der Waals surface area contributed by atoms with Gasteiger partial charge in [-0.2, -0.15) is 0 Å². The quantitative estimate of drug-likeness (QED) is 0.842. The largest absolute Gasteiger partial charge is 0.329 e. The van der Waals surface area contributed by atoms with Crippen molar-refractivity contribution in [3.63, 3.8) is 0 Å². The van der Waals surface area contributed by atoms with E-state index in [-0.39, 0.29) is 17.6 Å². The second-order valence-electron chi connectivity index (χ2n) is 7.68. The van der Waals surface area contributed by atoms with E-state index in [4.69, 9.17) is 0 Å². The van der Waals surface area contributed by atoms with Crippen LogP contribution < -0.4 is 0 Å². The molecule has 134 valence electrons. The van der Waals surface area contributed by atoms with Gasteiger partial charge < -0.3 is 4.90 Å². The number of aromatic nitrogens is 3. The number of rotatable bonds is 2. The molecule has 6 nitrogen and oxygen atoms in total. The summed E-state index contributed by atoms with van der Waals surface area (Å²) in [4.78, 5) is 25.5. The summed E-state index contributed by atoms with van der Waals surface area (Å²) in [6.07, 6.45) is 8.85. The van der Waals surface area contributed by atoms with E-state index in [1.54, 1.807) is 29.5 Å². The van der Waals surface area contributed by atoms with Crippen molar-refractivity contribution in [1.82, 2.24) is 24.3 Å². The minimum atomic E-state index is -0.0259. The van der Waals surface area contributed by atoms with Crippen LogP contribution >= 0.6 is 0 Å². The third-order valence-electron chi connectivity index (χ3n) is 5.04. The molecule has 1 aliphatic rings. The van der Waals surface area contributed by atoms with Crippen LogP contribution in [0.5, 0.6) is 0 Å². The Morgan fingerprint density at radius 2 is 1.84 bits per heavy atom. The van der Waals surface area contributed by atoms with Crippen LogP contribution in [-0.2, 0) is 0 Å². The number of piperidine rings is 1. The maximum absolute atomic E-state index is 12.8. The molecule has 0 N–H and O–H groups in total. The Labute approximate surface area is 149 Å². The lowest BCUT2D eigenvalue weighted by Crippen LogP contribution is -2.51. The van der Waals surface area contributed by atoms with Crippen LogP contribution in [0.3, 0.4) is 0 Å². The van der Waals surface area contributed by atoms with E-state index < -0.39 is 0 Å². The molecule has 0 bridgehead atoms. The highest BCUT2D eigenvalue weighted by Crippen LogP contribution is 2.23. The van der Waals surface area contributed by atoms with Crippen LogP contribution in [0.15, 0.2) is 37.1 Å². The maximum Gasteiger partial charge on any atom is 0.329 e. The summed E-state index contributed by atoms with van der Waals surface area (Å²) in [5.74, 6) is 0. The molecule has 0 aromatic carbocycles. The van der Waals surface area contributed by atoms with Gasteiger partial charge in [0.15, 0.2) is 0 Å². The molecule has 1 fully saturated rings. The Bertz CT molecular complexity index is 711. The van der Waals surface area contributed by atoms with Gasteiger partial charge in [-0.3, -0.25) is 14.5 Å². The highest BCUT2D eigenvalue weighted by Gasteiger charge is 2.30. The lowest BCUT2D eigenvalue weighted by molar-refractivity contribution is 0.0739. The second-order valence-corrected chi connectivity index (χ2v) is 7.68. The average molecular weight is 341 g/mol. The van der Waals surface area contributed by atoms with Gasteiger partial charge in [-0.05, 0) is 45.7 Å². The fourth-order valence-corrected chi connectivity index (χ4v) is 3.36. The predicted octanol–water partition coefficient (Wildman–Crippen LogP) is 3.11. The van der Waals surface area contributed by atoms with Crippen LogP contribution in [0, 0.1) is 0 Å². The van der Waals surface area contributed by atoms with E-state index in [9.17, 15) is 4.79 Å². The fraction of sp³-hybridized carbons (Fsp3) is 0.526. The number of carbonyl (C=O) groups is 1. The summed E-state index contributed by atoms with van der Waals surface area (Å²) >= 11 is 0. The molecule has 6 heteroatoms. The van der Waals surface area contributed by atoms with E-state index >= 15 is 0 Å². The average Bonchev–Trinajstić information content (AvgIpc) is 3.11. The van der Waals surface area contributed by atoms with E-state index in [0.717, 1.165) is 37.2 Å². The molecule has 0 spiro atoms. The molecule has 1 amide bonds. The van der Waals surface area contributed by atoms with Crippen molar-refractivity contribution < 1.29 is 4.79 Å². The van der Waals surface area contributed by atoms with Gasteiger partial charge in [0.1, 0.15) is 6.33 Å². The predicted molar refractivity (Wildman–Crippen MR) is 98.4 cm³/mol. The summed E-state index contributed by atoms with van der Waals surface area (Å²) in [7, 11) is 1.89. The smallest absolute Gasteiger partial charge is 0.324 e. The minimum absolute atomic E-state index is 0.0259. The molecule has 25 heavy (non-hydrogen) atoms. The number of hydrogen-bond donors (Lipinski definition) is 0. The van der Waals surface area contributed by atoms with Crippen LogP contribution in [0.1, 0.15) is 33.6 Å². The molecule has 3 rings (SSSR count). The molecule has 2 aromatic heterocycles. The molecular weight excluding hydrogens is 314 g/mol. The first kappa shape index (κ1) is 17.6. The Morgan fingerprint density at radius 3 is 2.44 bits per heavy atom. The summed E-state index contributed by atoms with van der Waals surface area (Å²) < 4.78 is 1.58. The van der Waals surface area contributed by atoms with Crippen LogP contribution in [-0.4, -0.2) is 62.1 Å². The zero-order chi connectivity index (χ0) is 18.0. The SMILES string of the molecule is CN(C(=O)n1cnc(-c2ccncc2)c1)C1CCN(C(C)(C)C)CC1.